The molecular formula is C18H20FN5S. The summed E-state index contributed by atoms with van der Waals surface area (Å²) in [7, 11) is 0. The van der Waals surface area contributed by atoms with Gasteiger partial charge in [0.2, 0.25) is 0 Å². The number of fused-ring (bicyclic) bond motifs is 1. The molecule has 0 atom stereocenters. The van der Waals surface area contributed by atoms with Crippen LogP contribution in [-0.4, -0.2) is 54.1 Å². The molecule has 1 aromatic carbocycles. The van der Waals surface area contributed by atoms with Crippen LogP contribution in [0.1, 0.15) is 0 Å². The average Bonchev–Trinajstić information content (AvgIpc) is 3.13. The van der Waals surface area contributed by atoms with E-state index in [2.05, 4.69) is 31.2 Å². The van der Waals surface area contributed by atoms with E-state index in [0.29, 0.717) is 0 Å². The molecule has 5 nitrogen and oxygen atoms in total. The van der Waals surface area contributed by atoms with Crippen LogP contribution in [0.3, 0.4) is 0 Å². The van der Waals surface area contributed by atoms with Crippen LogP contribution in [0.2, 0.25) is 0 Å². The van der Waals surface area contributed by atoms with Crippen LogP contribution in [-0.2, 0) is 0 Å². The molecule has 0 radical (unpaired) electrons. The van der Waals surface area contributed by atoms with Crippen LogP contribution in [0.25, 0.3) is 10.2 Å². The zero-order valence-corrected chi connectivity index (χ0v) is 14.7. The van der Waals surface area contributed by atoms with Crippen molar-refractivity contribution in [3.05, 3.63) is 47.9 Å². The lowest BCUT2D eigenvalue weighted by molar-refractivity contribution is 0.267. The topological polar surface area (TPSA) is 44.3 Å². The molecule has 4 rings (SSSR count). The van der Waals surface area contributed by atoms with Gasteiger partial charge in [-0.2, -0.15) is 0 Å². The predicted octanol–water partition coefficient (Wildman–Crippen LogP) is 3.06. The number of benzene rings is 1. The smallest absolute Gasteiger partial charge is 0.138 e. The molecule has 1 aliphatic rings. The van der Waals surface area contributed by atoms with Gasteiger partial charge in [-0.25, -0.2) is 14.4 Å². The Morgan fingerprint density at radius 3 is 2.64 bits per heavy atom. The molecule has 2 aromatic heterocycles. The first-order valence-corrected chi connectivity index (χ1v) is 9.32. The first-order chi connectivity index (χ1) is 12.3. The summed E-state index contributed by atoms with van der Waals surface area (Å²) in [6, 6.07) is 8.82. The molecule has 25 heavy (non-hydrogen) atoms. The van der Waals surface area contributed by atoms with E-state index in [1.165, 1.54) is 12.1 Å². The summed E-state index contributed by atoms with van der Waals surface area (Å²) in [5.41, 5.74) is 1.10. The van der Waals surface area contributed by atoms with Gasteiger partial charge in [0.25, 0.3) is 0 Å². The van der Waals surface area contributed by atoms with Gasteiger partial charge in [-0.1, -0.05) is 0 Å². The van der Waals surface area contributed by atoms with Crippen LogP contribution in [0, 0.1) is 5.82 Å². The fraction of sp³-hybridized carbons (Fsp3) is 0.333. The Bertz CT molecular complexity index is 827. The number of piperazine rings is 1. The number of hydrogen-bond donors (Lipinski definition) is 1. The van der Waals surface area contributed by atoms with Crippen molar-refractivity contribution in [2.75, 3.05) is 49.5 Å². The number of nitrogens with one attached hydrogen (secondary N) is 1. The second-order valence-corrected chi connectivity index (χ2v) is 6.99. The Morgan fingerprint density at radius 2 is 1.84 bits per heavy atom. The largest absolute Gasteiger partial charge is 0.369 e. The van der Waals surface area contributed by atoms with Gasteiger partial charge in [0, 0.05) is 45.0 Å². The molecule has 7 heteroatoms. The van der Waals surface area contributed by atoms with Gasteiger partial charge >= 0.3 is 0 Å². The van der Waals surface area contributed by atoms with E-state index in [0.717, 1.165) is 61.0 Å². The molecule has 1 aliphatic heterocycles. The monoisotopic (exact) mass is 357 g/mol. The summed E-state index contributed by atoms with van der Waals surface area (Å²) in [5, 5.41) is 6.56. The number of halogens is 1. The first-order valence-electron chi connectivity index (χ1n) is 8.44. The molecule has 0 spiro atoms. The summed E-state index contributed by atoms with van der Waals surface area (Å²) >= 11 is 1.63. The van der Waals surface area contributed by atoms with Gasteiger partial charge < -0.3 is 10.2 Å². The fourth-order valence-electron chi connectivity index (χ4n) is 3.14. The first kappa shape index (κ1) is 16.2. The van der Waals surface area contributed by atoms with Crippen molar-refractivity contribution >= 4 is 33.1 Å². The third-order valence-electron chi connectivity index (χ3n) is 4.55. The van der Waals surface area contributed by atoms with Crippen LogP contribution < -0.4 is 10.2 Å². The minimum atomic E-state index is -0.182. The molecule has 0 saturated carbocycles. The summed E-state index contributed by atoms with van der Waals surface area (Å²) < 4.78 is 13.0. The Kier molecular flexibility index (Phi) is 4.76. The minimum absolute atomic E-state index is 0.182. The number of nitrogens with zero attached hydrogens (tertiary/aromatic N) is 4. The van der Waals surface area contributed by atoms with Crippen molar-refractivity contribution in [3.63, 3.8) is 0 Å². The Hall–Kier alpha value is -2.25. The second kappa shape index (κ2) is 7.33. The van der Waals surface area contributed by atoms with E-state index in [9.17, 15) is 4.39 Å². The van der Waals surface area contributed by atoms with Gasteiger partial charge in [-0.05, 0) is 35.7 Å². The number of hydrogen-bond acceptors (Lipinski definition) is 6. The standard InChI is InChI=1S/C18H20FN5S/c19-14-1-3-15(4-2-14)24-10-8-23(9-11-24)7-6-20-17-16-5-12-25-18(16)22-13-21-17/h1-5,12-13H,6-11H2,(H,20,21,22). The summed E-state index contributed by atoms with van der Waals surface area (Å²) in [6.07, 6.45) is 1.61. The third-order valence-corrected chi connectivity index (χ3v) is 5.37. The van der Waals surface area contributed by atoms with E-state index >= 15 is 0 Å². The number of rotatable bonds is 5. The molecule has 1 saturated heterocycles. The van der Waals surface area contributed by atoms with Crippen LogP contribution in [0.4, 0.5) is 15.9 Å². The van der Waals surface area contributed by atoms with Crippen molar-refractivity contribution < 1.29 is 4.39 Å². The highest BCUT2D eigenvalue weighted by Gasteiger charge is 2.17. The quantitative estimate of drug-likeness (QED) is 0.760. The number of aromatic nitrogens is 2. The highest BCUT2D eigenvalue weighted by atomic mass is 32.1. The SMILES string of the molecule is Fc1ccc(N2CCN(CCNc3ncnc4sccc34)CC2)cc1. The van der Waals surface area contributed by atoms with E-state index in [1.54, 1.807) is 17.7 Å². The van der Waals surface area contributed by atoms with Crippen LogP contribution in [0.15, 0.2) is 42.0 Å². The Morgan fingerprint density at radius 1 is 1.04 bits per heavy atom. The fourth-order valence-corrected chi connectivity index (χ4v) is 3.88. The van der Waals surface area contributed by atoms with E-state index < -0.39 is 0 Å². The Balaban J connectivity index is 1.26. The van der Waals surface area contributed by atoms with Gasteiger partial charge in [-0.15, -0.1) is 11.3 Å². The van der Waals surface area contributed by atoms with Crippen molar-refractivity contribution in [3.8, 4) is 0 Å². The van der Waals surface area contributed by atoms with Gasteiger partial charge in [-0.3, -0.25) is 4.90 Å². The van der Waals surface area contributed by atoms with Crippen molar-refractivity contribution in [1.82, 2.24) is 14.9 Å². The molecule has 3 heterocycles. The number of thiophene rings is 1. The molecule has 3 aromatic rings. The molecule has 1 N–H and O–H groups in total. The second-order valence-electron chi connectivity index (χ2n) is 6.09. The highest BCUT2D eigenvalue weighted by Crippen LogP contribution is 2.23. The van der Waals surface area contributed by atoms with Gasteiger partial charge in [0.05, 0.1) is 5.39 Å². The summed E-state index contributed by atoms with van der Waals surface area (Å²) in [6.45, 7) is 5.79. The van der Waals surface area contributed by atoms with Crippen molar-refractivity contribution in [1.29, 1.82) is 0 Å². The normalized spacial score (nSPS) is 15.6. The van der Waals surface area contributed by atoms with E-state index in [1.807, 2.05) is 17.5 Å². The van der Waals surface area contributed by atoms with Gasteiger partial charge in [0.15, 0.2) is 0 Å². The summed E-state index contributed by atoms with van der Waals surface area (Å²) in [5.74, 6) is 0.731. The zero-order valence-electron chi connectivity index (χ0n) is 13.9. The van der Waals surface area contributed by atoms with Crippen molar-refractivity contribution in [2.24, 2.45) is 0 Å². The average molecular weight is 357 g/mol. The molecule has 0 bridgehead atoms. The maximum Gasteiger partial charge on any atom is 0.138 e. The van der Waals surface area contributed by atoms with Gasteiger partial charge in [0.1, 0.15) is 22.8 Å². The highest BCUT2D eigenvalue weighted by molar-refractivity contribution is 7.16. The maximum atomic E-state index is 13.0. The Labute approximate surface area is 150 Å². The molecule has 0 unspecified atom stereocenters. The molecular weight excluding hydrogens is 337 g/mol. The maximum absolute atomic E-state index is 13.0. The predicted molar refractivity (Wildman–Crippen MR) is 101 cm³/mol. The minimum Gasteiger partial charge on any atom is -0.369 e. The lowest BCUT2D eigenvalue weighted by Crippen LogP contribution is -2.47. The third kappa shape index (κ3) is 3.72. The zero-order chi connectivity index (χ0) is 17.1. The molecule has 1 fully saturated rings. The van der Waals surface area contributed by atoms with Crippen molar-refractivity contribution in [2.45, 2.75) is 0 Å². The molecule has 130 valence electrons. The molecule has 0 amide bonds. The van der Waals surface area contributed by atoms with Crippen LogP contribution >= 0.6 is 11.3 Å². The lowest BCUT2D eigenvalue weighted by atomic mass is 10.2. The van der Waals surface area contributed by atoms with E-state index in [4.69, 9.17) is 0 Å². The van der Waals surface area contributed by atoms with E-state index in [-0.39, 0.29) is 5.82 Å². The summed E-state index contributed by atoms with van der Waals surface area (Å²) in [4.78, 5) is 14.4. The van der Waals surface area contributed by atoms with Crippen LogP contribution in [0.5, 0.6) is 0 Å². The number of anilines is 2. The molecule has 0 aliphatic carbocycles. The lowest BCUT2D eigenvalue weighted by Gasteiger charge is -2.36.